The molecule has 0 bridgehead atoms. The van der Waals surface area contributed by atoms with Gasteiger partial charge in [0.05, 0.1) is 6.04 Å². The highest BCUT2D eigenvalue weighted by Crippen LogP contribution is 2.28. The van der Waals surface area contributed by atoms with Gasteiger partial charge in [0.15, 0.2) is 0 Å². The summed E-state index contributed by atoms with van der Waals surface area (Å²) >= 11 is 5.98. The van der Waals surface area contributed by atoms with Gasteiger partial charge in [0.1, 0.15) is 0 Å². The Morgan fingerprint density at radius 3 is 2.03 bits per heavy atom. The van der Waals surface area contributed by atoms with E-state index in [0.717, 1.165) is 24.0 Å². The molecule has 1 atom stereocenters. The number of carbonyl (C=O) groups excluding carboxylic acids is 2. The number of nitrogens with zero attached hydrogens (tertiary/aromatic N) is 1. The van der Waals surface area contributed by atoms with Crippen molar-refractivity contribution in [2.75, 3.05) is 0 Å². The first-order valence-electron chi connectivity index (χ1n) is 10.0. The summed E-state index contributed by atoms with van der Waals surface area (Å²) in [5, 5.41) is 2.07. The Morgan fingerprint density at radius 1 is 1.00 bits per heavy atom. The van der Waals surface area contributed by atoms with Crippen LogP contribution in [0, 0.1) is 19.3 Å². The fourth-order valence-electron chi connectivity index (χ4n) is 3.50. The van der Waals surface area contributed by atoms with Crippen LogP contribution in [0.2, 0.25) is 5.02 Å². The van der Waals surface area contributed by atoms with Crippen molar-refractivity contribution < 1.29 is 9.59 Å². The van der Waals surface area contributed by atoms with Crippen LogP contribution >= 0.6 is 11.6 Å². The molecule has 0 aliphatic rings. The van der Waals surface area contributed by atoms with Crippen LogP contribution in [0.3, 0.4) is 0 Å². The molecule has 4 nitrogen and oxygen atoms in total. The van der Waals surface area contributed by atoms with Gasteiger partial charge in [-0.1, -0.05) is 62.9 Å². The van der Waals surface area contributed by atoms with E-state index in [9.17, 15) is 9.59 Å². The van der Waals surface area contributed by atoms with Gasteiger partial charge in [-0.05, 0) is 62.1 Å². The maximum absolute atomic E-state index is 13.4. The third-order valence-corrected chi connectivity index (χ3v) is 5.14. The van der Waals surface area contributed by atoms with Crippen LogP contribution in [0.25, 0.3) is 0 Å². The molecule has 2 rings (SSSR count). The van der Waals surface area contributed by atoms with Gasteiger partial charge < -0.3 is 0 Å². The molecule has 0 heterocycles. The summed E-state index contributed by atoms with van der Waals surface area (Å²) in [7, 11) is 0. The predicted octanol–water partition coefficient (Wildman–Crippen LogP) is 5.96. The highest BCUT2D eigenvalue weighted by atomic mass is 35.5. The van der Waals surface area contributed by atoms with Crippen molar-refractivity contribution in [3.05, 3.63) is 69.7 Å². The minimum Gasteiger partial charge on any atom is -0.267 e. The number of rotatable bonds is 5. The zero-order valence-corrected chi connectivity index (χ0v) is 18.9. The number of nitrogens with one attached hydrogen (secondary N) is 1. The standard InChI is InChI=1S/C24H31ClN2O2/c1-7-8-21(24(4,5)6)27(23(29)18-9-11-20(25)12-10-18)26-22(28)19-14-16(2)13-17(3)15-19/h9-15,21H,7-8H2,1-6H3,(H,26,28)/t21-/m1/s1. The van der Waals surface area contributed by atoms with E-state index in [1.165, 1.54) is 5.01 Å². The number of amides is 2. The first kappa shape index (κ1) is 23.0. The van der Waals surface area contributed by atoms with Gasteiger partial charge >= 0.3 is 0 Å². The monoisotopic (exact) mass is 414 g/mol. The molecule has 29 heavy (non-hydrogen) atoms. The highest BCUT2D eigenvalue weighted by molar-refractivity contribution is 6.30. The average molecular weight is 415 g/mol. The van der Waals surface area contributed by atoms with Crippen molar-refractivity contribution >= 4 is 23.4 Å². The summed E-state index contributed by atoms with van der Waals surface area (Å²) in [4.78, 5) is 26.4. The minimum absolute atomic E-state index is 0.162. The lowest BCUT2D eigenvalue weighted by molar-refractivity contribution is 0.0271. The summed E-state index contributed by atoms with van der Waals surface area (Å²) < 4.78 is 0. The second-order valence-corrected chi connectivity index (χ2v) is 9.11. The van der Waals surface area contributed by atoms with Gasteiger partial charge in [-0.25, -0.2) is 5.01 Å². The lowest BCUT2D eigenvalue weighted by atomic mass is 9.83. The lowest BCUT2D eigenvalue weighted by Crippen LogP contribution is -2.56. The predicted molar refractivity (Wildman–Crippen MR) is 119 cm³/mol. The molecule has 156 valence electrons. The van der Waals surface area contributed by atoms with E-state index in [1.54, 1.807) is 24.3 Å². The van der Waals surface area contributed by atoms with Gasteiger partial charge in [-0.2, -0.15) is 0 Å². The fourth-order valence-corrected chi connectivity index (χ4v) is 3.63. The smallest absolute Gasteiger partial charge is 0.267 e. The Morgan fingerprint density at radius 2 is 1.55 bits per heavy atom. The fraction of sp³-hybridized carbons (Fsp3) is 0.417. The molecule has 0 radical (unpaired) electrons. The number of hydrazine groups is 1. The van der Waals surface area contributed by atoms with Gasteiger partial charge in [-0.3, -0.25) is 15.0 Å². The SMILES string of the molecule is CCC[C@@H](N(NC(=O)c1cc(C)cc(C)c1)C(=O)c1ccc(Cl)cc1)C(C)(C)C. The van der Waals surface area contributed by atoms with Crippen LogP contribution in [0.1, 0.15) is 72.4 Å². The topological polar surface area (TPSA) is 49.4 Å². The van der Waals surface area contributed by atoms with E-state index in [2.05, 4.69) is 33.1 Å². The largest absolute Gasteiger partial charge is 0.272 e. The molecule has 1 N–H and O–H groups in total. The molecule has 0 saturated carbocycles. The number of aryl methyl sites for hydroxylation is 2. The van der Waals surface area contributed by atoms with Crippen molar-refractivity contribution in [1.29, 1.82) is 0 Å². The van der Waals surface area contributed by atoms with Crippen molar-refractivity contribution in [2.45, 2.75) is 60.4 Å². The van der Waals surface area contributed by atoms with E-state index in [4.69, 9.17) is 11.6 Å². The van der Waals surface area contributed by atoms with E-state index in [1.807, 2.05) is 32.0 Å². The average Bonchev–Trinajstić information content (AvgIpc) is 2.62. The molecule has 0 aliphatic carbocycles. The lowest BCUT2D eigenvalue weighted by Gasteiger charge is -2.40. The second-order valence-electron chi connectivity index (χ2n) is 8.67. The highest BCUT2D eigenvalue weighted by Gasteiger charge is 2.34. The van der Waals surface area contributed by atoms with Crippen molar-refractivity contribution in [2.24, 2.45) is 5.41 Å². The molecule has 0 aliphatic heterocycles. The number of carbonyl (C=O) groups is 2. The first-order chi connectivity index (χ1) is 13.5. The molecule has 5 heteroatoms. The second kappa shape index (κ2) is 9.45. The Kier molecular flexibility index (Phi) is 7.48. The minimum atomic E-state index is -0.288. The molecule has 2 amide bonds. The zero-order chi connectivity index (χ0) is 21.8. The van der Waals surface area contributed by atoms with Crippen LogP contribution in [-0.4, -0.2) is 22.9 Å². The van der Waals surface area contributed by atoms with E-state index < -0.39 is 0 Å². The molecule has 0 fully saturated rings. The number of hydrogen-bond acceptors (Lipinski definition) is 2. The molecule has 0 spiro atoms. The normalized spacial score (nSPS) is 12.4. The van der Waals surface area contributed by atoms with Crippen LogP contribution < -0.4 is 5.43 Å². The summed E-state index contributed by atoms with van der Waals surface area (Å²) in [5.74, 6) is -0.530. The van der Waals surface area contributed by atoms with Gasteiger partial charge in [-0.15, -0.1) is 0 Å². The van der Waals surface area contributed by atoms with Crippen molar-refractivity contribution in [1.82, 2.24) is 10.4 Å². The molecule has 0 unspecified atom stereocenters. The van der Waals surface area contributed by atoms with E-state index in [-0.39, 0.29) is 23.3 Å². The molecule has 0 saturated heterocycles. The van der Waals surface area contributed by atoms with Crippen LogP contribution in [0.4, 0.5) is 0 Å². The van der Waals surface area contributed by atoms with Crippen molar-refractivity contribution in [3.8, 4) is 0 Å². The van der Waals surface area contributed by atoms with Gasteiger partial charge in [0.2, 0.25) is 0 Å². The van der Waals surface area contributed by atoms with Gasteiger partial charge in [0, 0.05) is 16.1 Å². The van der Waals surface area contributed by atoms with Crippen LogP contribution in [0.5, 0.6) is 0 Å². The van der Waals surface area contributed by atoms with E-state index in [0.29, 0.717) is 16.1 Å². The third kappa shape index (κ3) is 6.07. The molecule has 2 aromatic carbocycles. The number of hydrogen-bond donors (Lipinski definition) is 1. The maximum Gasteiger partial charge on any atom is 0.272 e. The van der Waals surface area contributed by atoms with Gasteiger partial charge in [0.25, 0.3) is 11.8 Å². The summed E-state index contributed by atoms with van der Waals surface area (Å²) in [6.07, 6.45) is 1.67. The summed E-state index contributed by atoms with van der Waals surface area (Å²) in [6.45, 7) is 12.2. The Bertz CT molecular complexity index is 849. The Hall–Kier alpha value is -2.33. The van der Waals surface area contributed by atoms with E-state index >= 15 is 0 Å². The summed E-state index contributed by atoms with van der Waals surface area (Å²) in [5.41, 5.74) is 5.73. The molecular weight excluding hydrogens is 384 g/mol. The molecule has 0 aromatic heterocycles. The number of benzene rings is 2. The molecule has 2 aromatic rings. The Balaban J connectivity index is 2.43. The Labute approximate surface area is 179 Å². The first-order valence-corrected chi connectivity index (χ1v) is 10.4. The quantitative estimate of drug-likeness (QED) is 0.613. The maximum atomic E-state index is 13.4. The third-order valence-electron chi connectivity index (χ3n) is 4.89. The number of halogens is 1. The zero-order valence-electron chi connectivity index (χ0n) is 18.2. The van der Waals surface area contributed by atoms with Crippen molar-refractivity contribution in [3.63, 3.8) is 0 Å². The van der Waals surface area contributed by atoms with Crippen LogP contribution in [-0.2, 0) is 0 Å². The van der Waals surface area contributed by atoms with Crippen LogP contribution in [0.15, 0.2) is 42.5 Å². The molecular formula is C24H31ClN2O2. The summed E-state index contributed by atoms with van der Waals surface area (Å²) in [6, 6.07) is 12.3.